The molecule has 6 nitrogen and oxygen atoms in total. The highest BCUT2D eigenvalue weighted by molar-refractivity contribution is 9.10. The summed E-state index contributed by atoms with van der Waals surface area (Å²) in [5.41, 5.74) is 1.46. The van der Waals surface area contributed by atoms with E-state index in [9.17, 15) is 18.0 Å². The van der Waals surface area contributed by atoms with Crippen LogP contribution >= 0.6 is 15.9 Å². The van der Waals surface area contributed by atoms with Gasteiger partial charge in [-0.1, -0.05) is 18.2 Å². The molecule has 2 aromatic carbocycles. The first-order valence-corrected chi connectivity index (χ1v) is 11.0. The molecule has 8 heteroatoms. The molecule has 0 saturated carbocycles. The van der Waals surface area contributed by atoms with Gasteiger partial charge in [-0.25, -0.2) is 13.2 Å². The van der Waals surface area contributed by atoms with Gasteiger partial charge in [0.1, 0.15) is 5.75 Å². The van der Waals surface area contributed by atoms with E-state index in [1.54, 1.807) is 43.3 Å². The molecule has 0 atom stereocenters. The summed E-state index contributed by atoms with van der Waals surface area (Å²) < 4.78 is 34.0. The fourth-order valence-electron chi connectivity index (χ4n) is 2.36. The van der Waals surface area contributed by atoms with Crippen LogP contribution in [-0.2, 0) is 24.2 Å². The summed E-state index contributed by atoms with van der Waals surface area (Å²) in [6.07, 6.45) is 2.74. The SMILES string of the molecule is CCOC(=O)/C(=C/c1ccc(OC(C)=O)c(Br)c1)c1ccc(S(C)(=O)=O)cc1. The molecule has 0 saturated heterocycles. The van der Waals surface area contributed by atoms with Gasteiger partial charge in [-0.05, 0) is 64.3 Å². The topological polar surface area (TPSA) is 86.7 Å². The summed E-state index contributed by atoms with van der Waals surface area (Å²) >= 11 is 3.33. The second-order valence-electron chi connectivity index (χ2n) is 5.86. The lowest BCUT2D eigenvalue weighted by Crippen LogP contribution is -2.07. The molecule has 2 aromatic rings. The fraction of sp³-hybridized carbons (Fsp3) is 0.200. The Bertz CT molecular complexity index is 1020. The van der Waals surface area contributed by atoms with Crippen molar-refractivity contribution >= 4 is 49.4 Å². The molecule has 0 aliphatic rings. The van der Waals surface area contributed by atoms with Crippen molar-refractivity contribution in [3.63, 3.8) is 0 Å². The van der Waals surface area contributed by atoms with E-state index in [-0.39, 0.29) is 17.1 Å². The van der Waals surface area contributed by atoms with Gasteiger partial charge in [-0.2, -0.15) is 0 Å². The second-order valence-corrected chi connectivity index (χ2v) is 8.73. The lowest BCUT2D eigenvalue weighted by atomic mass is 10.0. The maximum absolute atomic E-state index is 12.4. The van der Waals surface area contributed by atoms with Crippen molar-refractivity contribution in [3.05, 3.63) is 58.1 Å². The zero-order valence-electron chi connectivity index (χ0n) is 15.6. The Morgan fingerprint density at radius 3 is 2.25 bits per heavy atom. The van der Waals surface area contributed by atoms with Crippen LogP contribution in [0.3, 0.4) is 0 Å². The Morgan fingerprint density at radius 2 is 1.75 bits per heavy atom. The summed E-state index contributed by atoms with van der Waals surface area (Å²) in [6, 6.07) is 11.0. The van der Waals surface area contributed by atoms with E-state index in [1.165, 1.54) is 19.1 Å². The van der Waals surface area contributed by atoms with Crippen LogP contribution in [0.15, 0.2) is 51.8 Å². The van der Waals surface area contributed by atoms with Gasteiger partial charge >= 0.3 is 11.9 Å². The van der Waals surface area contributed by atoms with Gasteiger partial charge in [-0.3, -0.25) is 4.79 Å². The van der Waals surface area contributed by atoms with Crippen LogP contribution in [-0.4, -0.2) is 33.2 Å². The number of ether oxygens (including phenoxy) is 2. The smallest absolute Gasteiger partial charge is 0.338 e. The van der Waals surface area contributed by atoms with Crippen LogP contribution in [0.2, 0.25) is 0 Å². The number of sulfone groups is 1. The highest BCUT2D eigenvalue weighted by atomic mass is 79.9. The molecule has 0 heterocycles. The predicted molar refractivity (Wildman–Crippen MR) is 110 cm³/mol. The quantitative estimate of drug-likeness (QED) is 0.277. The first kappa shape index (κ1) is 21.8. The highest BCUT2D eigenvalue weighted by Crippen LogP contribution is 2.29. The molecular formula is C20H19BrO6S. The molecule has 2 rings (SSSR count). The number of hydrogen-bond donors (Lipinski definition) is 0. The average Bonchev–Trinajstić information content (AvgIpc) is 2.61. The largest absolute Gasteiger partial charge is 0.462 e. The number of halogens is 1. The van der Waals surface area contributed by atoms with Crippen molar-refractivity contribution in [2.24, 2.45) is 0 Å². The van der Waals surface area contributed by atoms with Crippen LogP contribution in [0.5, 0.6) is 5.75 Å². The van der Waals surface area contributed by atoms with E-state index < -0.39 is 21.8 Å². The molecule has 148 valence electrons. The molecular weight excluding hydrogens is 448 g/mol. The minimum Gasteiger partial charge on any atom is -0.462 e. The van der Waals surface area contributed by atoms with Crippen molar-refractivity contribution in [1.29, 1.82) is 0 Å². The average molecular weight is 467 g/mol. The zero-order valence-corrected chi connectivity index (χ0v) is 18.0. The number of carbonyl (C=O) groups excluding carboxylic acids is 2. The van der Waals surface area contributed by atoms with Gasteiger partial charge in [0, 0.05) is 13.2 Å². The van der Waals surface area contributed by atoms with Crippen LogP contribution < -0.4 is 4.74 Å². The van der Waals surface area contributed by atoms with E-state index in [0.717, 1.165) is 6.26 Å². The molecule has 0 radical (unpaired) electrons. The molecule has 0 spiro atoms. The molecule has 0 aliphatic carbocycles. The van der Waals surface area contributed by atoms with Crippen molar-refractivity contribution in [2.45, 2.75) is 18.7 Å². The Hall–Kier alpha value is -2.45. The maximum Gasteiger partial charge on any atom is 0.338 e. The first-order valence-electron chi connectivity index (χ1n) is 8.29. The van der Waals surface area contributed by atoms with Gasteiger partial charge in [0.2, 0.25) is 0 Å². The summed E-state index contributed by atoms with van der Waals surface area (Å²) in [5.74, 6) is -0.614. The molecule has 0 N–H and O–H groups in total. The molecule has 0 fully saturated rings. The second kappa shape index (κ2) is 9.16. The maximum atomic E-state index is 12.4. The van der Waals surface area contributed by atoms with E-state index >= 15 is 0 Å². The number of hydrogen-bond acceptors (Lipinski definition) is 6. The first-order chi connectivity index (χ1) is 13.1. The van der Waals surface area contributed by atoms with Gasteiger partial charge in [0.05, 0.1) is 21.5 Å². The normalized spacial score (nSPS) is 11.8. The van der Waals surface area contributed by atoms with Crippen molar-refractivity contribution in [3.8, 4) is 5.75 Å². The van der Waals surface area contributed by atoms with E-state index in [2.05, 4.69) is 15.9 Å². The summed E-state index contributed by atoms with van der Waals surface area (Å²) in [5, 5.41) is 0. The van der Waals surface area contributed by atoms with Crippen LogP contribution in [0, 0.1) is 0 Å². The van der Waals surface area contributed by atoms with Crippen molar-refractivity contribution in [2.75, 3.05) is 12.9 Å². The summed E-state index contributed by atoms with van der Waals surface area (Å²) in [4.78, 5) is 23.7. The lowest BCUT2D eigenvalue weighted by Gasteiger charge is -2.10. The third-order valence-electron chi connectivity index (χ3n) is 3.61. The molecule has 0 unspecified atom stereocenters. The summed E-state index contributed by atoms with van der Waals surface area (Å²) in [7, 11) is -3.34. The lowest BCUT2D eigenvalue weighted by molar-refractivity contribution is -0.136. The minimum absolute atomic E-state index is 0.160. The molecule has 0 bridgehead atoms. The van der Waals surface area contributed by atoms with Crippen molar-refractivity contribution < 1.29 is 27.5 Å². The van der Waals surface area contributed by atoms with Gasteiger partial charge in [0.25, 0.3) is 0 Å². The Labute approximate surface area is 172 Å². The van der Waals surface area contributed by atoms with Gasteiger partial charge < -0.3 is 9.47 Å². The highest BCUT2D eigenvalue weighted by Gasteiger charge is 2.15. The van der Waals surface area contributed by atoms with Crippen molar-refractivity contribution in [1.82, 2.24) is 0 Å². The molecule has 0 aromatic heterocycles. The predicted octanol–water partition coefficient (Wildman–Crippen LogP) is 3.88. The molecule has 0 amide bonds. The van der Waals surface area contributed by atoms with E-state index in [0.29, 0.717) is 21.3 Å². The van der Waals surface area contributed by atoms with E-state index in [1.807, 2.05) is 0 Å². The van der Waals surface area contributed by atoms with E-state index in [4.69, 9.17) is 9.47 Å². The number of benzene rings is 2. The van der Waals surface area contributed by atoms with Crippen LogP contribution in [0.25, 0.3) is 11.6 Å². The number of esters is 2. The van der Waals surface area contributed by atoms with Gasteiger partial charge in [-0.15, -0.1) is 0 Å². The fourth-order valence-corrected chi connectivity index (χ4v) is 3.47. The Balaban J connectivity index is 2.47. The third-order valence-corrected chi connectivity index (χ3v) is 5.36. The molecule has 0 aliphatic heterocycles. The van der Waals surface area contributed by atoms with Gasteiger partial charge in [0.15, 0.2) is 9.84 Å². The minimum atomic E-state index is -3.34. The zero-order chi connectivity index (χ0) is 20.9. The molecule has 28 heavy (non-hydrogen) atoms. The van der Waals surface area contributed by atoms with Crippen LogP contribution in [0.1, 0.15) is 25.0 Å². The third kappa shape index (κ3) is 5.77. The monoisotopic (exact) mass is 466 g/mol. The Kier molecular flexibility index (Phi) is 7.15. The standard InChI is InChI=1S/C20H19BrO6S/c1-4-26-20(23)17(15-6-8-16(9-7-15)28(3,24)25)11-14-5-10-19(18(21)12-14)27-13(2)22/h5-12H,4H2,1-3H3/b17-11+. The summed E-state index contributed by atoms with van der Waals surface area (Å²) in [6.45, 7) is 3.21. The number of carbonyl (C=O) groups is 2. The number of rotatable bonds is 6. The Morgan fingerprint density at radius 1 is 1.11 bits per heavy atom. The van der Waals surface area contributed by atoms with Crippen LogP contribution in [0.4, 0.5) is 0 Å².